The molecule has 1 unspecified atom stereocenters. The number of likely N-dealkylation sites (tertiary alicyclic amines) is 1. The van der Waals surface area contributed by atoms with Crippen LogP contribution in [0.25, 0.3) is 10.5 Å². The van der Waals surface area contributed by atoms with Gasteiger partial charge in [0.15, 0.2) is 5.65 Å². The summed E-state index contributed by atoms with van der Waals surface area (Å²) in [5.74, 6) is 0.0635. The second-order valence-corrected chi connectivity index (χ2v) is 10.9. The fourth-order valence-corrected chi connectivity index (χ4v) is 5.71. The molecule has 1 aliphatic rings. The highest BCUT2D eigenvalue weighted by Gasteiger charge is 2.39. The first kappa shape index (κ1) is 25.8. The van der Waals surface area contributed by atoms with Gasteiger partial charge in [0.2, 0.25) is 10.9 Å². The maximum atomic E-state index is 14.2. The fraction of sp³-hybridized carbons (Fsp3) is 0.370. The molecule has 11 heteroatoms. The number of benzene rings is 1. The number of aryl methyl sites for hydroxylation is 1. The molecule has 0 bridgehead atoms. The van der Waals surface area contributed by atoms with Crippen molar-refractivity contribution in [2.24, 2.45) is 13.0 Å². The largest absolute Gasteiger partial charge is 0.476 e. The zero-order chi connectivity index (χ0) is 27.0. The molecule has 1 N–H and O–H groups in total. The molecule has 0 radical (unpaired) electrons. The molecule has 1 fully saturated rings. The average molecular weight is 535 g/mol. The number of imidazole rings is 1. The van der Waals surface area contributed by atoms with Crippen molar-refractivity contribution in [1.29, 1.82) is 5.26 Å². The van der Waals surface area contributed by atoms with E-state index in [1.807, 2.05) is 29.8 Å². The van der Waals surface area contributed by atoms with E-state index in [0.717, 1.165) is 47.2 Å². The topological polar surface area (TPSA) is 117 Å². The Morgan fingerprint density at radius 1 is 1.32 bits per heavy atom. The van der Waals surface area contributed by atoms with Crippen LogP contribution in [-0.4, -0.2) is 48.6 Å². The Bertz CT molecular complexity index is 1560. The predicted octanol–water partition coefficient (Wildman–Crippen LogP) is 4.51. The van der Waals surface area contributed by atoms with Gasteiger partial charge in [0.1, 0.15) is 23.1 Å². The van der Waals surface area contributed by atoms with E-state index in [1.165, 1.54) is 6.07 Å². The molecule has 1 aromatic carbocycles. The summed E-state index contributed by atoms with van der Waals surface area (Å²) in [4.78, 5) is 27.8. The lowest BCUT2D eigenvalue weighted by molar-refractivity contribution is 0.0696. The number of pyridine rings is 1. The van der Waals surface area contributed by atoms with Crippen molar-refractivity contribution in [3.8, 4) is 11.9 Å². The lowest BCUT2D eigenvalue weighted by Crippen LogP contribution is -2.47. The second kappa shape index (κ2) is 10.1. The van der Waals surface area contributed by atoms with Crippen molar-refractivity contribution >= 4 is 27.8 Å². The highest BCUT2D eigenvalue weighted by atomic mass is 32.1. The third-order valence-electron chi connectivity index (χ3n) is 7.50. The molecule has 196 valence electrons. The molecular formula is C27H27FN6O3S. The molecule has 9 nitrogen and oxygen atoms in total. The number of nitrogens with zero attached hydrogens (tertiary/aromatic N) is 6. The van der Waals surface area contributed by atoms with E-state index in [-0.39, 0.29) is 28.5 Å². The van der Waals surface area contributed by atoms with Gasteiger partial charge in [-0.2, -0.15) is 5.26 Å². The standard InChI is InChI=1S/C27H27FN6O3S/c1-16-13-34(14-21-31-23-25(33(21)3)38-24(32-23)26(35)36)10-9-27(16,2)20-5-4-6-22(30-20)37-15-18-8-7-17(12-29)11-19(18)28/h4-8,11,16H,9-10,13-15H2,1-3H3,(H,35,36)/t16?,27-/m0/s1. The van der Waals surface area contributed by atoms with E-state index in [2.05, 4.69) is 28.7 Å². The second-order valence-electron chi connectivity index (χ2n) is 9.91. The van der Waals surface area contributed by atoms with E-state index in [4.69, 9.17) is 15.0 Å². The highest BCUT2D eigenvalue weighted by Crippen LogP contribution is 2.39. The molecule has 5 rings (SSSR count). The zero-order valence-corrected chi connectivity index (χ0v) is 22.1. The third kappa shape index (κ3) is 4.85. The number of piperidine rings is 1. The number of hydrogen-bond acceptors (Lipinski definition) is 8. The molecule has 0 aliphatic carbocycles. The van der Waals surface area contributed by atoms with Crippen LogP contribution in [-0.2, 0) is 25.6 Å². The first-order valence-corrected chi connectivity index (χ1v) is 13.1. The Morgan fingerprint density at radius 2 is 2.13 bits per heavy atom. The zero-order valence-electron chi connectivity index (χ0n) is 21.3. The molecule has 1 saturated heterocycles. The number of carboxylic acids is 1. The highest BCUT2D eigenvalue weighted by molar-refractivity contribution is 7.19. The quantitative estimate of drug-likeness (QED) is 0.368. The molecule has 2 atom stereocenters. The summed E-state index contributed by atoms with van der Waals surface area (Å²) in [6.45, 7) is 6.79. The minimum Gasteiger partial charge on any atom is -0.476 e. The van der Waals surface area contributed by atoms with Gasteiger partial charge < -0.3 is 14.4 Å². The lowest BCUT2D eigenvalue weighted by Gasteiger charge is -2.44. The smallest absolute Gasteiger partial charge is 0.365 e. The summed E-state index contributed by atoms with van der Waals surface area (Å²) < 4.78 is 22.0. The van der Waals surface area contributed by atoms with Crippen molar-refractivity contribution in [2.45, 2.75) is 38.8 Å². The number of rotatable bonds is 7. The Morgan fingerprint density at radius 3 is 2.82 bits per heavy atom. The molecule has 3 aromatic heterocycles. The van der Waals surface area contributed by atoms with E-state index in [0.29, 0.717) is 23.6 Å². The number of fused-ring (bicyclic) bond motifs is 1. The summed E-state index contributed by atoms with van der Waals surface area (Å²) in [6.07, 6.45) is 0.884. The molecule has 0 spiro atoms. The number of nitriles is 1. The molecule has 0 saturated carbocycles. The normalized spacial score (nSPS) is 19.9. The first-order valence-electron chi connectivity index (χ1n) is 12.2. The molecule has 0 amide bonds. The number of aromatic carboxylic acids is 1. The monoisotopic (exact) mass is 534 g/mol. The number of halogens is 1. The Labute approximate surface area is 223 Å². The summed E-state index contributed by atoms with van der Waals surface area (Å²) in [6, 6.07) is 12.0. The van der Waals surface area contributed by atoms with Crippen LogP contribution in [0.4, 0.5) is 4.39 Å². The van der Waals surface area contributed by atoms with Crippen LogP contribution in [0.15, 0.2) is 36.4 Å². The van der Waals surface area contributed by atoms with Crippen LogP contribution in [0.3, 0.4) is 0 Å². The van der Waals surface area contributed by atoms with Crippen LogP contribution in [0.5, 0.6) is 5.88 Å². The van der Waals surface area contributed by atoms with Crippen molar-refractivity contribution in [3.05, 3.63) is 69.9 Å². The first-order chi connectivity index (χ1) is 18.2. The van der Waals surface area contributed by atoms with Gasteiger partial charge in [-0.15, -0.1) is 0 Å². The number of thiazole rings is 1. The van der Waals surface area contributed by atoms with E-state index >= 15 is 0 Å². The maximum absolute atomic E-state index is 14.2. The summed E-state index contributed by atoms with van der Waals surface area (Å²) in [7, 11) is 1.89. The van der Waals surface area contributed by atoms with Crippen LogP contribution in [0, 0.1) is 23.1 Å². The summed E-state index contributed by atoms with van der Waals surface area (Å²) in [5, 5.41) is 18.2. The molecule has 4 heterocycles. The molecular weight excluding hydrogens is 507 g/mol. The minimum absolute atomic E-state index is 0.0258. The molecule has 1 aliphatic heterocycles. The van der Waals surface area contributed by atoms with Crippen molar-refractivity contribution < 1.29 is 19.0 Å². The van der Waals surface area contributed by atoms with Gasteiger partial charge in [0.25, 0.3) is 0 Å². The summed E-state index contributed by atoms with van der Waals surface area (Å²) in [5.41, 5.74) is 1.88. The van der Waals surface area contributed by atoms with Crippen LogP contribution < -0.4 is 4.74 Å². The number of ether oxygens (including phenoxy) is 1. The Kier molecular flexibility index (Phi) is 6.86. The van der Waals surface area contributed by atoms with Crippen molar-refractivity contribution in [1.82, 2.24) is 24.4 Å². The number of aromatic nitrogens is 4. The SMILES string of the molecule is CC1CN(Cc2nc3nc(C(=O)O)sc3n2C)CC[C@]1(C)c1cccc(OCc2ccc(C#N)cc2F)n1. The number of hydrogen-bond donors (Lipinski definition) is 1. The van der Waals surface area contributed by atoms with E-state index in [1.54, 1.807) is 18.2 Å². The minimum atomic E-state index is -1.04. The van der Waals surface area contributed by atoms with E-state index in [9.17, 15) is 14.3 Å². The van der Waals surface area contributed by atoms with Crippen LogP contribution >= 0.6 is 11.3 Å². The van der Waals surface area contributed by atoms with Crippen molar-refractivity contribution in [3.63, 3.8) is 0 Å². The van der Waals surface area contributed by atoms with Gasteiger partial charge in [0.05, 0.1) is 23.9 Å². The predicted molar refractivity (Wildman–Crippen MR) is 139 cm³/mol. The molecule has 4 aromatic rings. The van der Waals surface area contributed by atoms with Gasteiger partial charge in [-0.25, -0.2) is 24.1 Å². The van der Waals surface area contributed by atoms with E-state index < -0.39 is 11.8 Å². The van der Waals surface area contributed by atoms with Crippen LogP contribution in [0.1, 0.15) is 52.7 Å². The lowest BCUT2D eigenvalue weighted by atomic mass is 9.70. The number of carboxylic acid groups (broad SMARTS) is 1. The third-order valence-corrected chi connectivity index (χ3v) is 8.61. The fourth-order valence-electron chi connectivity index (χ4n) is 4.88. The number of carbonyl (C=O) groups is 1. The Hall–Kier alpha value is -3.88. The Balaban J connectivity index is 1.25. The summed E-state index contributed by atoms with van der Waals surface area (Å²) >= 11 is 1.14. The average Bonchev–Trinajstić information content (AvgIpc) is 3.45. The van der Waals surface area contributed by atoms with Gasteiger partial charge >= 0.3 is 5.97 Å². The van der Waals surface area contributed by atoms with Crippen molar-refractivity contribution in [2.75, 3.05) is 13.1 Å². The van der Waals surface area contributed by atoms with Gasteiger partial charge in [0, 0.05) is 30.6 Å². The molecule has 38 heavy (non-hydrogen) atoms. The maximum Gasteiger partial charge on any atom is 0.365 e. The van der Waals surface area contributed by atoms with Gasteiger partial charge in [-0.3, -0.25) is 4.90 Å². The van der Waals surface area contributed by atoms with Crippen LogP contribution in [0.2, 0.25) is 0 Å². The van der Waals surface area contributed by atoms with Gasteiger partial charge in [-0.05, 0) is 37.1 Å². The van der Waals surface area contributed by atoms with Gasteiger partial charge in [-0.1, -0.05) is 37.3 Å².